The summed E-state index contributed by atoms with van der Waals surface area (Å²) < 4.78 is 0. The molecule has 1 aliphatic rings. The van der Waals surface area contributed by atoms with Gasteiger partial charge in [0, 0.05) is 12.2 Å². The molecule has 1 amide bonds. The molecule has 0 saturated heterocycles. The maximum absolute atomic E-state index is 12.8. The molecular formula is C18H19NO2. The van der Waals surface area contributed by atoms with Gasteiger partial charge in [0.15, 0.2) is 0 Å². The standard InChI is InChI=1S/C18H19NO2/c1-12-7-8-15(17(20)10-12)18(21)19-11-13(2)9-14-5-3-4-6-16(14)19/h3-8,10,13,20H,9,11H2,1-2H3. The topological polar surface area (TPSA) is 40.5 Å². The lowest BCUT2D eigenvalue weighted by molar-refractivity contribution is 0.0978. The highest BCUT2D eigenvalue weighted by Gasteiger charge is 2.28. The Labute approximate surface area is 124 Å². The van der Waals surface area contributed by atoms with Crippen LogP contribution < -0.4 is 4.90 Å². The fourth-order valence-corrected chi connectivity index (χ4v) is 2.96. The number of rotatable bonds is 1. The maximum atomic E-state index is 12.8. The minimum atomic E-state index is -0.133. The van der Waals surface area contributed by atoms with E-state index >= 15 is 0 Å². The van der Waals surface area contributed by atoms with Crippen LogP contribution in [0, 0.1) is 12.8 Å². The summed E-state index contributed by atoms with van der Waals surface area (Å²) in [7, 11) is 0. The molecule has 1 aliphatic heterocycles. The summed E-state index contributed by atoms with van der Waals surface area (Å²) in [6.07, 6.45) is 0.986. The number of carbonyl (C=O) groups excluding carboxylic acids is 1. The SMILES string of the molecule is Cc1ccc(C(=O)N2CC(C)Cc3ccccc32)c(O)c1. The van der Waals surface area contributed by atoms with Gasteiger partial charge in [-0.25, -0.2) is 0 Å². The molecule has 0 aromatic heterocycles. The third-order valence-electron chi connectivity index (χ3n) is 3.97. The average molecular weight is 281 g/mol. The van der Waals surface area contributed by atoms with Gasteiger partial charge in [-0.15, -0.1) is 0 Å². The van der Waals surface area contributed by atoms with Gasteiger partial charge in [-0.2, -0.15) is 0 Å². The van der Waals surface area contributed by atoms with E-state index in [-0.39, 0.29) is 11.7 Å². The van der Waals surface area contributed by atoms with Gasteiger partial charge in [-0.3, -0.25) is 4.79 Å². The van der Waals surface area contributed by atoms with Crippen molar-refractivity contribution in [1.29, 1.82) is 0 Å². The molecule has 0 fully saturated rings. The van der Waals surface area contributed by atoms with Crippen molar-refractivity contribution in [3.63, 3.8) is 0 Å². The number of anilines is 1. The number of aromatic hydroxyl groups is 1. The van der Waals surface area contributed by atoms with Crippen LogP contribution in [0.2, 0.25) is 0 Å². The highest BCUT2D eigenvalue weighted by Crippen LogP contribution is 2.32. The molecule has 2 aromatic carbocycles. The number of para-hydroxylation sites is 1. The molecule has 0 saturated carbocycles. The first-order chi connectivity index (χ1) is 10.1. The fourth-order valence-electron chi connectivity index (χ4n) is 2.96. The lowest BCUT2D eigenvalue weighted by atomic mass is 9.93. The Morgan fingerprint density at radius 2 is 2.00 bits per heavy atom. The van der Waals surface area contributed by atoms with E-state index in [4.69, 9.17) is 0 Å². The molecule has 3 nitrogen and oxygen atoms in total. The fraction of sp³-hybridized carbons (Fsp3) is 0.278. The second kappa shape index (κ2) is 5.24. The number of carbonyl (C=O) groups is 1. The molecule has 3 heteroatoms. The number of hydrogen-bond donors (Lipinski definition) is 1. The van der Waals surface area contributed by atoms with Crippen LogP contribution >= 0.6 is 0 Å². The number of phenolic OH excluding ortho intramolecular Hbond substituents is 1. The van der Waals surface area contributed by atoms with Crippen LogP contribution in [0.5, 0.6) is 5.75 Å². The summed E-state index contributed by atoms with van der Waals surface area (Å²) in [6.45, 7) is 4.72. The van der Waals surface area contributed by atoms with Crippen LogP contribution in [0.1, 0.15) is 28.4 Å². The van der Waals surface area contributed by atoms with Crippen LogP contribution in [0.3, 0.4) is 0 Å². The summed E-state index contributed by atoms with van der Waals surface area (Å²) in [4.78, 5) is 14.6. The number of amides is 1. The van der Waals surface area contributed by atoms with Gasteiger partial charge in [-0.05, 0) is 48.6 Å². The predicted octanol–water partition coefficient (Wildman–Crippen LogP) is 3.54. The van der Waals surface area contributed by atoms with Crippen molar-refractivity contribution in [3.05, 3.63) is 59.2 Å². The van der Waals surface area contributed by atoms with Crippen molar-refractivity contribution in [2.24, 2.45) is 5.92 Å². The number of benzene rings is 2. The van der Waals surface area contributed by atoms with E-state index in [1.165, 1.54) is 5.56 Å². The summed E-state index contributed by atoms with van der Waals surface area (Å²) >= 11 is 0. The van der Waals surface area contributed by atoms with E-state index in [0.29, 0.717) is 18.0 Å². The normalized spacial score (nSPS) is 17.4. The second-order valence-corrected chi connectivity index (χ2v) is 5.87. The van der Waals surface area contributed by atoms with E-state index < -0.39 is 0 Å². The number of hydrogen-bond acceptors (Lipinski definition) is 2. The summed E-state index contributed by atoms with van der Waals surface area (Å²) in [6, 6.07) is 13.2. The van der Waals surface area contributed by atoms with Crippen molar-refractivity contribution in [1.82, 2.24) is 0 Å². The van der Waals surface area contributed by atoms with Crippen LogP contribution in [0.4, 0.5) is 5.69 Å². The van der Waals surface area contributed by atoms with Crippen molar-refractivity contribution in [2.75, 3.05) is 11.4 Å². The van der Waals surface area contributed by atoms with E-state index in [1.54, 1.807) is 17.0 Å². The smallest absolute Gasteiger partial charge is 0.262 e. The van der Waals surface area contributed by atoms with E-state index in [0.717, 1.165) is 17.7 Å². The lowest BCUT2D eigenvalue weighted by Crippen LogP contribution is -2.39. The monoisotopic (exact) mass is 281 g/mol. The molecule has 0 radical (unpaired) electrons. The van der Waals surface area contributed by atoms with Crippen molar-refractivity contribution in [2.45, 2.75) is 20.3 Å². The molecule has 0 aliphatic carbocycles. The quantitative estimate of drug-likeness (QED) is 0.868. The van der Waals surface area contributed by atoms with Gasteiger partial charge in [0.25, 0.3) is 5.91 Å². The minimum Gasteiger partial charge on any atom is -0.507 e. The van der Waals surface area contributed by atoms with Crippen LogP contribution in [0.15, 0.2) is 42.5 Å². The molecule has 1 N–H and O–H groups in total. The van der Waals surface area contributed by atoms with Crippen molar-refractivity contribution in [3.8, 4) is 5.75 Å². The molecule has 108 valence electrons. The first-order valence-corrected chi connectivity index (χ1v) is 7.25. The van der Waals surface area contributed by atoms with Crippen LogP contribution in [0.25, 0.3) is 0 Å². The highest BCUT2D eigenvalue weighted by atomic mass is 16.3. The number of phenols is 1. The molecule has 0 bridgehead atoms. The van der Waals surface area contributed by atoms with Crippen LogP contribution in [-0.4, -0.2) is 17.6 Å². The summed E-state index contributed by atoms with van der Waals surface area (Å²) in [5.74, 6) is 0.332. The van der Waals surface area contributed by atoms with Crippen molar-refractivity contribution >= 4 is 11.6 Å². The summed E-state index contributed by atoms with van der Waals surface area (Å²) in [5.41, 5.74) is 3.46. The zero-order valence-corrected chi connectivity index (χ0v) is 12.3. The van der Waals surface area contributed by atoms with Gasteiger partial charge in [0.05, 0.1) is 5.56 Å². The molecule has 1 unspecified atom stereocenters. The van der Waals surface area contributed by atoms with Gasteiger partial charge >= 0.3 is 0 Å². The summed E-state index contributed by atoms with van der Waals surface area (Å²) in [5, 5.41) is 10.1. The number of nitrogens with zero attached hydrogens (tertiary/aromatic N) is 1. The first-order valence-electron chi connectivity index (χ1n) is 7.25. The van der Waals surface area contributed by atoms with Crippen molar-refractivity contribution < 1.29 is 9.90 Å². The van der Waals surface area contributed by atoms with E-state index in [9.17, 15) is 9.90 Å². The van der Waals surface area contributed by atoms with Gasteiger partial charge in [0.1, 0.15) is 5.75 Å². The zero-order chi connectivity index (χ0) is 15.0. The van der Waals surface area contributed by atoms with Crippen LogP contribution in [-0.2, 0) is 6.42 Å². The first kappa shape index (κ1) is 13.7. The lowest BCUT2D eigenvalue weighted by Gasteiger charge is -2.33. The molecule has 2 aromatic rings. The molecule has 21 heavy (non-hydrogen) atoms. The minimum absolute atomic E-state index is 0.0516. The Morgan fingerprint density at radius 1 is 1.24 bits per heavy atom. The third-order valence-corrected chi connectivity index (χ3v) is 3.97. The largest absolute Gasteiger partial charge is 0.507 e. The Morgan fingerprint density at radius 3 is 2.76 bits per heavy atom. The molecule has 1 atom stereocenters. The molecular weight excluding hydrogens is 262 g/mol. The number of fused-ring (bicyclic) bond motifs is 1. The number of aryl methyl sites for hydroxylation is 1. The molecule has 3 rings (SSSR count). The average Bonchev–Trinajstić information content (AvgIpc) is 2.45. The van der Waals surface area contributed by atoms with Gasteiger partial charge in [-0.1, -0.05) is 31.2 Å². The molecule has 1 heterocycles. The zero-order valence-electron chi connectivity index (χ0n) is 12.3. The van der Waals surface area contributed by atoms with E-state index in [2.05, 4.69) is 13.0 Å². The van der Waals surface area contributed by atoms with Gasteiger partial charge < -0.3 is 10.0 Å². The maximum Gasteiger partial charge on any atom is 0.262 e. The molecule has 0 spiro atoms. The third kappa shape index (κ3) is 2.51. The highest BCUT2D eigenvalue weighted by molar-refractivity contribution is 6.08. The second-order valence-electron chi connectivity index (χ2n) is 5.87. The Kier molecular flexibility index (Phi) is 3.42. The Bertz CT molecular complexity index is 693. The Hall–Kier alpha value is -2.29. The van der Waals surface area contributed by atoms with E-state index in [1.807, 2.05) is 31.2 Å². The Balaban J connectivity index is 2.02. The van der Waals surface area contributed by atoms with Gasteiger partial charge in [0.2, 0.25) is 0 Å². The predicted molar refractivity (Wildman–Crippen MR) is 83.8 cm³/mol.